The van der Waals surface area contributed by atoms with Crippen LogP contribution in [0.1, 0.15) is 46.3 Å². The maximum Gasteiger partial charge on any atom is 0.341 e. The number of aromatic nitrogens is 3. The number of benzene rings is 2. The van der Waals surface area contributed by atoms with E-state index in [1.165, 1.54) is 11.3 Å². The molecule has 4 aromatic rings. The molecule has 0 radical (unpaired) electrons. The Labute approximate surface area is 214 Å². The fourth-order valence-corrected chi connectivity index (χ4v) is 5.02. The molecule has 0 aliphatic carbocycles. The fourth-order valence-electron chi connectivity index (χ4n) is 4.44. The number of halogens is 2. The largest absolute Gasteiger partial charge is 0.477 e. The van der Waals surface area contributed by atoms with Crippen LogP contribution in [0.15, 0.2) is 48.5 Å². The van der Waals surface area contributed by atoms with Gasteiger partial charge in [0.25, 0.3) is 0 Å². The van der Waals surface area contributed by atoms with Gasteiger partial charge in [0.1, 0.15) is 28.0 Å². The van der Waals surface area contributed by atoms with E-state index >= 15 is 0 Å². The summed E-state index contributed by atoms with van der Waals surface area (Å²) in [7, 11) is 0. The van der Waals surface area contributed by atoms with Gasteiger partial charge in [-0.25, -0.2) is 18.6 Å². The molecule has 0 spiro atoms. The van der Waals surface area contributed by atoms with E-state index in [-0.39, 0.29) is 23.0 Å². The average Bonchev–Trinajstić information content (AvgIpc) is 3.25. The smallest absolute Gasteiger partial charge is 0.341 e. The number of aromatic carboxylic acids is 1. The van der Waals surface area contributed by atoms with E-state index in [4.69, 9.17) is 9.84 Å². The predicted molar refractivity (Wildman–Crippen MR) is 132 cm³/mol. The summed E-state index contributed by atoms with van der Waals surface area (Å²) in [5.74, 6) is -4.22. The summed E-state index contributed by atoms with van der Waals surface area (Å²) in [4.78, 5) is 29.1. The topological polar surface area (TPSA) is 114 Å². The Morgan fingerprint density at radius 3 is 2.41 bits per heavy atom. The number of carboxylic acids is 1. The van der Waals surface area contributed by atoms with Gasteiger partial charge in [0.2, 0.25) is 16.9 Å². The highest BCUT2D eigenvalue weighted by Crippen LogP contribution is 2.52. The second-order valence-electron chi connectivity index (χ2n) is 9.09. The predicted octanol–water partition coefficient (Wildman–Crippen LogP) is 5.79. The summed E-state index contributed by atoms with van der Waals surface area (Å²) in [5.41, 5.74) is -0.423. The van der Waals surface area contributed by atoms with Gasteiger partial charge >= 0.3 is 5.97 Å². The zero-order valence-electron chi connectivity index (χ0n) is 19.9. The number of nitrogens with one attached hydrogen (secondary N) is 1. The Hall–Kier alpha value is -4.25. The standard InChI is InChI=1S/C26H20F2N4O4S/c1-12-31-32-25(37-12)30-24(35)26(2,3)21-14-6-4-5-7-19(14)36-22-15(21)8-9-18(29-22)13-10-16(27)20(23(33)34)17(28)11-13/h4-11,21H,1-3H3,(H,33,34)(H,30,32,35)/t21-/m0/s1. The maximum absolute atomic E-state index is 14.3. The van der Waals surface area contributed by atoms with Crippen LogP contribution in [0.4, 0.5) is 13.9 Å². The van der Waals surface area contributed by atoms with E-state index in [2.05, 4.69) is 20.5 Å². The third-order valence-electron chi connectivity index (χ3n) is 6.24. The van der Waals surface area contributed by atoms with E-state index in [0.717, 1.165) is 22.7 Å². The lowest BCUT2D eigenvalue weighted by molar-refractivity contribution is -0.124. The van der Waals surface area contributed by atoms with Crippen LogP contribution in [0.2, 0.25) is 0 Å². The van der Waals surface area contributed by atoms with Crippen molar-refractivity contribution in [2.24, 2.45) is 5.41 Å². The normalized spacial score (nSPS) is 14.4. The van der Waals surface area contributed by atoms with E-state index in [0.29, 0.717) is 16.4 Å². The van der Waals surface area contributed by atoms with Gasteiger partial charge in [-0.05, 0) is 31.2 Å². The molecule has 0 unspecified atom stereocenters. The molecule has 188 valence electrons. The molecule has 0 fully saturated rings. The number of fused-ring (bicyclic) bond motifs is 2. The fraction of sp³-hybridized carbons (Fsp3) is 0.192. The van der Waals surface area contributed by atoms with Crippen LogP contribution < -0.4 is 10.1 Å². The Morgan fingerprint density at radius 2 is 1.76 bits per heavy atom. The summed E-state index contributed by atoms with van der Waals surface area (Å²) in [6.45, 7) is 5.39. The number of carboxylic acid groups (broad SMARTS) is 1. The first-order chi connectivity index (χ1) is 17.6. The number of rotatable bonds is 5. The molecule has 2 N–H and O–H groups in total. The number of para-hydroxylation sites is 1. The molecular formula is C26H20F2N4O4S. The Balaban J connectivity index is 1.58. The molecule has 2 aromatic heterocycles. The molecule has 1 aliphatic rings. The highest BCUT2D eigenvalue weighted by Gasteiger charge is 2.44. The number of amides is 1. The molecule has 11 heteroatoms. The second kappa shape index (κ2) is 9.00. The number of anilines is 1. The third-order valence-corrected chi connectivity index (χ3v) is 7.00. The van der Waals surface area contributed by atoms with Crippen LogP contribution in [0.3, 0.4) is 0 Å². The minimum Gasteiger partial charge on any atom is -0.477 e. The Morgan fingerprint density at radius 1 is 1.05 bits per heavy atom. The summed E-state index contributed by atoms with van der Waals surface area (Å²) >= 11 is 1.27. The molecule has 2 aromatic carbocycles. The first-order valence-corrected chi connectivity index (χ1v) is 12.0. The van der Waals surface area contributed by atoms with Crippen LogP contribution in [0.5, 0.6) is 11.6 Å². The quantitative estimate of drug-likeness (QED) is 0.341. The second-order valence-corrected chi connectivity index (χ2v) is 10.3. The van der Waals surface area contributed by atoms with Crippen molar-refractivity contribution in [2.75, 3.05) is 5.32 Å². The first-order valence-electron chi connectivity index (χ1n) is 11.2. The lowest BCUT2D eigenvalue weighted by Gasteiger charge is -2.37. The molecule has 1 atom stereocenters. The number of aryl methyl sites for hydroxylation is 1. The highest BCUT2D eigenvalue weighted by atomic mass is 32.1. The van der Waals surface area contributed by atoms with Crippen molar-refractivity contribution >= 4 is 28.3 Å². The van der Waals surface area contributed by atoms with Gasteiger partial charge in [-0.15, -0.1) is 10.2 Å². The average molecular weight is 523 g/mol. The Bertz CT molecular complexity index is 1550. The summed E-state index contributed by atoms with van der Waals surface area (Å²) in [6.07, 6.45) is 0. The molecule has 0 saturated carbocycles. The Kier molecular flexibility index (Phi) is 5.95. The zero-order chi connectivity index (χ0) is 26.5. The van der Waals surface area contributed by atoms with Gasteiger partial charge in [0, 0.05) is 22.6 Å². The number of carbonyl (C=O) groups excluding carboxylic acids is 1. The zero-order valence-corrected chi connectivity index (χ0v) is 20.7. The number of carbonyl (C=O) groups is 2. The van der Waals surface area contributed by atoms with Gasteiger partial charge in [-0.2, -0.15) is 0 Å². The van der Waals surface area contributed by atoms with Crippen LogP contribution in [0.25, 0.3) is 11.3 Å². The molecule has 1 aliphatic heterocycles. The van der Waals surface area contributed by atoms with Crippen molar-refractivity contribution in [3.05, 3.63) is 81.9 Å². The number of hydrogen-bond acceptors (Lipinski definition) is 7. The molecule has 8 nitrogen and oxygen atoms in total. The summed E-state index contributed by atoms with van der Waals surface area (Å²) < 4.78 is 34.7. The van der Waals surface area contributed by atoms with Crippen LogP contribution >= 0.6 is 11.3 Å². The molecule has 37 heavy (non-hydrogen) atoms. The van der Waals surface area contributed by atoms with E-state index in [9.17, 15) is 18.4 Å². The van der Waals surface area contributed by atoms with Crippen LogP contribution in [-0.4, -0.2) is 32.2 Å². The van der Waals surface area contributed by atoms with Gasteiger partial charge in [0.15, 0.2) is 0 Å². The van der Waals surface area contributed by atoms with Crippen LogP contribution in [-0.2, 0) is 4.79 Å². The first kappa shape index (κ1) is 24.4. The summed E-state index contributed by atoms with van der Waals surface area (Å²) in [6, 6.07) is 12.3. The highest BCUT2D eigenvalue weighted by molar-refractivity contribution is 7.15. The van der Waals surface area contributed by atoms with E-state index in [1.807, 2.05) is 12.1 Å². The number of hydrogen-bond donors (Lipinski definition) is 2. The maximum atomic E-state index is 14.3. The molecule has 0 bridgehead atoms. The number of ether oxygens (including phenoxy) is 1. The van der Waals surface area contributed by atoms with Crippen molar-refractivity contribution in [1.82, 2.24) is 15.2 Å². The summed E-state index contributed by atoms with van der Waals surface area (Å²) in [5, 5.41) is 20.9. The van der Waals surface area contributed by atoms with Gasteiger partial charge in [-0.3, -0.25) is 4.79 Å². The van der Waals surface area contributed by atoms with E-state index < -0.39 is 34.5 Å². The van der Waals surface area contributed by atoms with Crippen molar-refractivity contribution in [2.45, 2.75) is 26.7 Å². The van der Waals surface area contributed by atoms with Crippen molar-refractivity contribution in [3.8, 4) is 22.9 Å². The molecule has 5 rings (SSSR count). The molecule has 0 saturated heterocycles. The SMILES string of the molecule is Cc1nnc(NC(=O)C(C)(C)[C@H]2c3ccccc3Oc3nc(-c4cc(F)c(C(=O)O)c(F)c4)ccc32)s1. The molecular weight excluding hydrogens is 502 g/mol. The molecule has 1 amide bonds. The number of pyridine rings is 1. The lowest BCUT2D eigenvalue weighted by atomic mass is 9.69. The molecule has 3 heterocycles. The minimum atomic E-state index is -1.70. The lowest BCUT2D eigenvalue weighted by Crippen LogP contribution is -2.38. The number of nitrogens with zero attached hydrogens (tertiary/aromatic N) is 3. The van der Waals surface area contributed by atoms with Crippen molar-refractivity contribution in [3.63, 3.8) is 0 Å². The minimum absolute atomic E-state index is 0.0467. The van der Waals surface area contributed by atoms with Gasteiger partial charge in [-0.1, -0.05) is 49.4 Å². The van der Waals surface area contributed by atoms with Crippen LogP contribution in [0, 0.1) is 24.0 Å². The van der Waals surface area contributed by atoms with Crippen molar-refractivity contribution in [1.29, 1.82) is 0 Å². The van der Waals surface area contributed by atoms with Gasteiger partial charge in [0.05, 0.1) is 11.1 Å². The van der Waals surface area contributed by atoms with E-state index in [1.54, 1.807) is 45.0 Å². The third kappa shape index (κ3) is 4.31. The van der Waals surface area contributed by atoms with Crippen molar-refractivity contribution < 1.29 is 28.2 Å². The monoisotopic (exact) mass is 522 g/mol. The van der Waals surface area contributed by atoms with Gasteiger partial charge < -0.3 is 15.2 Å².